The first-order chi connectivity index (χ1) is 11.5. The van der Waals surface area contributed by atoms with E-state index in [2.05, 4.69) is 5.32 Å². The Morgan fingerprint density at radius 2 is 2.12 bits per heavy atom. The summed E-state index contributed by atoms with van der Waals surface area (Å²) in [5, 5.41) is 3.12. The fraction of sp³-hybridized carbons (Fsp3) is 0.562. The molecular formula is C16H20N2O5S. The molecule has 24 heavy (non-hydrogen) atoms. The molecule has 0 radical (unpaired) electrons. The van der Waals surface area contributed by atoms with Gasteiger partial charge in [-0.05, 0) is 44.6 Å². The van der Waals surface area contributed by atoms with Gasteiger partial charge in [-0.1, -0.05) is 0 Å². The highest BCUT2D eigenvalue weighted by Crippen LogP contribution is 2.38. The number of primary amides is 1. The van der Waals surface area contributed by atoms with Crippen LogP contribution in [0.3, 0.4) is 0 Å². The Kier molecular flexibility index (Phi) is 4.86. The number of aryl methyl sites for hydroxylation is 1. The minimum Gasteiger partial charge on any atom is -0.451 e. The second-order valence-corrected chi connectivity index (χ2v) is 7.10. The molecule has 8 heteroatoms. The predicted molar refractivity (Wildman–Crippen MR) is 88.0 cm³/mol. The Bertz CT molecular complexity index is 678. The van der Waals surface area contributed by atoms with Gasteiger partial charge in [0.1, 0.15) is 5.00 Å². The van der Waals surface area contributed by atoms with Crippen molar-refractivity contribution in [3.63, 3.8) is 0 Å². The third-order valence-corrected chi connectivity index (χ3v) is 5.47. The van der Waals surface area contributed by atoms with Crippen LogP contribution in [0.25, 0.3) is 0 Å². The van der Waals surface area contributed by atoms with Crippen molar-refractivity contribution in [1.29, 1.82) is 0 Å². The largest absolute Gasteiger partial charge is 0.451 e. The highest BCUT2D eigenvalue weighted by molar-refractivity contribution is 7.17. The molecule has 0 aromatic carbocycles. The van der Waals surface area contributed by atoms with Crippen LogP contribution in [0.1, 0.15) is 47.0 Å². The van der Waals surface area contributed by atoms with Gasteiger partial charge in [0.25, 0.3) is 11.8 Å². The molecule has 3 rings (SSSR count). The molecule has 2 amide bonds. The van der Waals surface area contributed by atoms with E-state index in [9.17, 15) is 14.4 Å². The van der Waals surface area contributed by atoms with Crippen molar-refractivity contribution >= 4 is 34.1 Å². The maximum Gasteiger partial charge on any atom is 0.336 e. The summed E-state index contributed by atoms with van der Waals surface area (Å²) in [4.78, 5) is 37.0. The number of nitrogens with one attached hydrogen (secondary N) is 1. The zero-order valence-electron chi connectivity index (χ0n) is 13.4. The van der Waals surface area contributed by atoms with E-state index in [0.29, 0.717) is 23.6 Å². The van der Waals surface area contributed by atoms with Crippen LogP contribution in [0, 0.1) is 0 Å². The second kappa shape index (κ2) is 6.90. The van der Waals surface area contributed by atoms with Crippen LogP contribution in [0.2, 0.25) is 0 Å². The maximum atomic E-state index is 12.3. The molecule has 7 nitrogen and oxygen atoms in total. The minimum absolute atomic E-state index is 0.388. The Morgan fingerprint density at radius 1 is 1.33 bits per heavy atom. The summed E-state index contributed by atoms with van der Waals surface area (Å²) >= 11 is 1.37. The lowest BCUT2D eigenvalue weighted by Crippen LogP contribution is -2.34. The number of esters is 1. The molecule has 2 heterocycles. The van der Waals surface area contributed by atoms with Gasteiger partial charge in [-0.2, -0.15) is 0 Å². The van der Waals surface area contributed by atoms with Crippen LogP contribution in [0.5, 0.6) is 0 Å². The number of amides is 2. The average Bonchev–Trinajstić information content (AvgIpc) is 3.22. The molecule has 1 aromatic heterocycles. The zero-order valence-corrected chi connectivity index (χ0v) is 14.2. The number of hydrogen-bond donors (Lipinski definition) is 2. The molecule has 1 aliphatic heterocycles. The third kappa shape index (κ3) is 3.29. The number of hydrogen-bond acceptors (Lipinski definition) is 6. The Labute approximate surface area is 143 Å². The van der Waals surface area contributed by atoms with E-state index in [4.69, 9.17) is 15.2 Å². The molecule has 0 spiro atoms. The van der Waals surface area contributed by atoms with Crippen LogP contribution in [0.15, 0.2) is 0 Å². The van der Waals surface area contributed by atoms with E-state index in [1.54, 1.807) is 0 Å². The van der Waals surface area contributed by atoms with Crippen molar-refractivity contribution in [3.8, 4) is 0 Å². The van der Waals surface area contributed by atoms with Crippen molar-refractivity contribution in [2.24, 2.45) is 5.73 Å². The van der Waals surface area contributed by atoms with Crippen LogP contribution in [0.4, 0.5) is 5.00 Å². The lowest BCUT2D eigenvalue weighted by atomic mass is 10.1. The van der Waals surface area contributed by atoms with Gasteiger partial charge in [-0.3, -0.25) is 9.59 Å². The molecule has 3 N–H and O–H groups in total. The van der Waals surface area contributed by atoms with Crippen molar-refractivity contribution < 1.29 is 23.9 Å². The number of thiophene rings is 1. The number of carbonyl (C=O) groups is 3. The molecule has 2 aliphatic rings. The first-order valence-corrected chi connectivity index (χ1v) is 8.86. The highest BCUT2D eigenvalue weighted by Gasteiger charge is 2.30. The maximum absolute atomic E-state index is 12.3. The number of anilines is 1. The lowest BCUT2D eigenvalue weighted by Gasteiger charge is -2.16. The molecule has 0 saturated carbocycles. The first kappa shape index (κ1) is 16.9. The Balaban J connectivity index is 1.66. The normalized spacial score (nSPS) is 20.5. The van der Waals surface area contributed by atoms with E-state index >= 15 is 0 Å². The van der Waals surface area contributed by atoms with E-state index in [-0.39, 0.29) is 0 Å². The van der Waals surface area contributed by atoms with Gasteiger partial charge in [0, 0.05) is 11.5 Å². The van der Waals surface area contributed by atoms with E-state index in [1.165, 1.54) is 18.3 Å². The summed E-state index contributed by atoms with van der Waals surface area (Å²) in [5.74, 6) is -1.56. The Hall–Kier alpha value is -1.93. The summed E-state index contributed by atoms with van der Waals surface area (Å²) in [6.45, 7) is 2.02. The molecule has 2 atom stereocenters. The second-order valence-electron chi connectivity index (χ2n) is 6.00. The summed E-state index contributed by atoms with van der Waals surface area (Å²) in [7, 11) is 0. The standard InChI is InChI=1S/C16H20N2O5S/c1-8(23-16(21)10-5-3-7-22-10)14(20)18-15-12(13(17)19)9-4-2-6-11(9)24-15/h8,10H,2-7H2,1H3,(H2,17,19)(H,18,20)/t8-,10+/m1/s1. The van der Waals surface area contributed by atoms with Crippen molar-refractivity contribution in [3.05, 3.63) is 16.0 Å². The van der Waals surface area contributed by atoms with E-state index < -0.39 is 30.0 Å². The summed E-state index contributed by atoms with van der Waals surface area (Å²) in [6, 6.07) is 0. The zero-order chi connectivity index (χ0) is 17.3. The van der Waals surface area contributed by atoms with Crippen LogP contribution >= 0.6 is 11.3 Å². The molecule has 0 bridgehead atoms. The van der Waals surface area contributed by atoms with Gasteiger partial charge in [-0.15, -0.1) is 11.3 Å². The molecule has 1 aliphatic carbocycles. The van der Waals surface area contributed by atoms with Gasteiger partial charge in [0.15, 0.2) is 12.2 Å². The molecule has 130 valence electrons. The van der Waals surface area contributed by atoms with Crippen molar-refractivity contribution in [2.45, 2.75) is 51.2 Å². The van der Waals surface area contributed by atoms with Crippen molar-refractivity contribution in [1.82, 2.24) is 0 Å². The molecule has 1 fully saturated rings. The summed E-state index contributed by atoms with van der Waals surface area (Å²) in [6.07, 6.45) is 2.53. The van der Waals surface area contributed by atoms with Gasteiger partial charge < -0.3 is 20.5 Å². The van der Waals surface area contributed by atoms with Gasteiger partial charge >= 0.3 is 5.97 Å². The summed E-state index contributed by atoms with van der Waals surface area (Å²) in [5.41, 5.74) is 6.79. The predicted octanol–water partition coefficient (Wildman–Crippen LogP) is 1.38. The fourth-order valence-corrected chi connectivity index (χ4v) is 4.33. The molecule has 1 aromatic rings. The number of nitrogens with two attached hydrogens (primary N) is 1. The molecular weight excluding hydrogens is 332 g/mol. The number of carbonyl (C=O) groups excluding carboxylic acids is 3. The number of ether oxygens (including phenoxy) is 2. The van der Waals surface area contributed by atoms with E-state index in [1.807, 2.05) is 0 Å². The van der Waals surface area contributed by atoms with Crippen molar-refractivity contribution in [2.75, 3.05) is 11.9 Å². The molecule has 1 saturated heterocycles. The molecule has 0 unspecified atom stereocenters. The number of fused-ring (bicyclic) bond motifs is 1. The quantitative estimate of drug-likeness (QED) is 0.779. The van der Waals surface area contributed by atoms with E-state index in [0.717, 1.165) is 36.1 Å². The van der Waals surface area contributed by atoms with Gasteiger partial charge in [0.2, 0.25) is 0 Å². The lowest BCUT2D eigenvalue weighted by molar-refractivity contribution is -0.162. The van der Waals surface area contributed by atoms with Crippen LogP contribution in [-0.4, -0.2) is 36.6 Å². The highest BCUT2D eigenvalue weighted by atomic mass is 32.1. The smallest absolute Gasteiger partial charge is 0.336 e. The van der Waals surface area contributed by atoms with Crippen LogP contribution in [-0.2, 0) is 31.9 Å². The van der Waals surface area contributed by atoms with Gasteiger partial charge in [0.05, 0.1) is 5.56 Å². The SMILES string of the molecule is C[C@@H](OC(=O)[C@@H]1CCCO1)C(=O)Nc1sc2c(c1C(N)=O)CCC2. The number of rotatable bonds is 5. The first-order valence-electron chi connectivity index (χ1n) is 8.04. The van der Waals surface area contributed by atoms with Crippen LogP contribution < -0.4 is 11.1 Å². The average molecular weight is 352 g/mol. The minimum atomic E-state index is -0.973. The van der Waals surface area contributed by atoms with Gasteiger partial charge in [-0.25, -0.2) is 4.79 Å². The third-order valence-electron chi connectivity index (χ3n) is 4.26. The monoisotopic (exact) mass is 352 g/mol. The summed E-state index contributed by atoms with van der Waals surface area (Å²) < 4.78 is 10.4. The Morgan fingerprint density at radius 3 is 2.79 bits per heavy atom. The topological polar surface area (TPSA) is 108 Å². The fourth-order valence-electron chi connectivity index (χ4n) is 3.03.